The van der Waals surface area contributed by atoms with Crippen LogP contribution >= 0.6 is 27.5 Å². The van der Waals surface area contributed by atoms with Crippen molar-refractivity contribution in [3.63, 3.8) is 0 Å². The molecule has 0 atom stereocenters. The molecular weight excluding hydrogens is 304 g/mol. The average Bonchev–Trinajstić information content (AvgIpc) is 2.32. The number of hydrogen-bond donors (Lipinski definition) is 0. The summed E-state index contributed by atoms with van der Waals surface area (Å²) < 4.78 is 6.44. The van der Waals surface area contributed by atoms with Crippen molar-refractivity contribution in [2.24, 2.45) is 0 Å². The molecule has 1 aromatic heterocycles. The van der Waals surface area contributed by atoms with Crippen LogP contribution in [0.5, 0.6) is 11.8 Å². The lowest BCUT2D eigenvalue weighted by Crippen LogP contribution is -1.97. The van der Waals surface area contributed by atoms with E-state index in [-0.39, 0.29) is 0 Å². The molecule has 0 N–H and O–H groups in total. The number of rotatable bonds is 3. The van der Waals surface area contributed by atoms with Crippen LogP contribution in [0.25, 0.3) is 0 Å². The molecule has 0 aliphatic rings. The fourth-order valence-electron chi connectivity index (χ4n) is 1.28. The third-order valence-corrected chi connectivity index (χ3v) is 3.18. The highest BCUT2D eigenvalue weighted by Crippen LogP contribution is 2.27. The predicted molar refractivity (Wildman–Crippen MR) is 70.5 cm³/mol. The number of ether oxygens (including phenoxy) is 1. The maximum atomic E-state index is 5.74. The van der Waals surface area contributed by atoms with Crippen LogP contribution in [0.2, 0.25) is 0 Å². The van der Waals surface area contributed by atoms with Crippen LogP contribution in [0.4, 0.5) is 0 Å². The summed E-state index contributed by atoms with van der Waals surface area (Å²) in [4.78, 5) is 8.35. The van der Waals surface area contributed by atoms with E-state index >= 15 is 0 Å². The highest BCUT2D eigenvalue weighted by Gasteiger charge is 2.06. The van der Waals surface area contributed by atoms with Crippen LogP contribution in [-0.4, -0.2) is 9.97 Å². The summed E-state index contributed by atoms with van der Waals surface area (Å²) in [7, 11) is 0. The molecule has 0 amide bonds. The summed E-state index contributed by atoms with van der Waals surface area (Å²) >= 11 is 9.14. The summed E-state index contributed by atoms with van der Waals surface area (Å²) in [5, 5.41) is 0. The van der Waals surface area contributed by atoms with Crippen molar-refractivity contribution in [3.05, 3.63) is 46.2 Å². The quantitative estimate of drug-likeness (QED) is 0.801. The zero-order valence-electron chi connectivity index (χ0n) is 9.15. The van der Waals surface area contributed by atoms with Crippen LogP contribution in [0.3, 0.4) is 0 Å². The zero-order valence-corrected chi connectivity index (χ0v) is 11.5. The Morgan fingerprint density at radius 2 is 2.12 bits per heavy atom. The van der Waals surface area contributed by atoms with Gasteiger partial charge in [-0.25, -0.2) is 4.98 Å². The highest BCUT2D eigenvalue weighted by atomic mass is 79.9. The van der Waals surface area contributed by atoms with Gasteiger partial charge in [0.05, 0.1) is 10.4 Å². The molecule has 1 heterocycles. The van der Waals surface area contributed by atoms with E-state index in [2.05, 4.69) is 25.9 Å². The molecule has 0 aliphatic carbocycles. The van der Waals surface area contributed by atoms with Gasteiger partial charge >= 0.3 is 6.01 Å². The van der Waals surface area contributed by atoms with E-state index in [4.69, 9.17) is 16.3 Å². The average molecular weight is 314 g/mol. The van der Waals surface area contributed by atoms with Gasteiger partial charge < -0.3 is 4.74 Å². The smallest absolute Gasteiger partial charge is 0.322 e. The molecule has 0 bridgehead atoms. The van der Waals surface area contributed by atoms with E-state index in [9.17, 15) is 0 Å². The minimum Gasteiger partial charge on any atom is -0.423 e. The van der Waals surface area contributed by atoms with E-state index in [0.29, 0.717) is 17.6 Å². The van der Waals surface area contributed by atoms with E-state index in [1.54, 1.807) is 6.20 Å². The van der Waals surface area contributed by atoms with Crippen molar-refractivity contribution in [1.82, 2.24) is 9.97 Å². The Morgan fingerprint density at radius 3 is 2.76 bits per heavy atom. The summed E-state index contributed by atoms with van der Waals surface area (Å²) in [6, 6.07) is 7.87. The molecule has 2 rings (SSSR count). The van der Waals surface area contributed by atoms with Crippen LogP contribution in [0, 0.1) is 6.92 Å². The van der Waals surface area contributed by atoms with Gasteiger partial charge in [-0.2, -0.15) is 4.98 Å². The summed E-state index contributed by atoms with van der Waals surface area (Å²) in [6.07, 6.45) is 1.68. The minimum atomic E-state index is 0.322. The van der Waals surface area contributed by atoms with Gasteiger partial charge in [0, 0.05) is 17.5 Å². The van der Waals surface area contributed by atoms with Gasteiger partial charge in [0.25, 0.3) is 0 Å². The summed E-state index contributed by atoms with van der Waals surface area (Å²) in [5.74, 6) is 1.09. The van der Waals surface area contributed by atoms with E-state index in [1.807, 2.05) is 31.2 Å². The molecule has 3 nitrogen and oxygen atoms in total. The van der Waals surface area contributed by atoms with Gasteiger partial charge in [0.1, 0.15) is 5.75 Å². The molecule has 0 spiro atoms. The SMILES string of the molecule is Cc1nc(Oc2ccccc2Br)ncc1CCl. The van der Waals surface area contributed by atoms with Crippen LogP contribution in [-0.2, 0) is 5.88 Å². The van der Waals surface area contributed by atoms with Crippen molar-refractivity contribution < 1.29 is 4.74 Å². The first-order chi connectivity index (χ1) is 8.20. The molecule has 0 unspecified atom stereocenters. The predicted octanol–water partition coefficient (Wildman–Crippen LogP) is 4.08. The van der Waals surface area contributed by atoms with Crippen LogP contribution in [0.15, 0.2) is 34.9 Å². The first-order valence-electron chi connectivity index (χ1n) is 5.01. The normalized spacial score (nSPS) is 10.3. The first kappa shape index (κ1) is 12.3. The van der Waals surface area contributed by atoms with Crippen LogP contribution in [0.1, 0.15) is 11.3 Å². The van der Waals surface area contributed by atoms with Crippen molar-refractivity contribution in [3.8, 4) is 11.8 Å². The Morgan fingerprint density at radius 1 is 1.35 bits per heavy atom. The Labute approximate surface area is 113 Å². The highest BCUT2D eigenvalue weighted by molar-refractivity contribution is 9.10. The molecule has 0 fully saturated rings. The number of hydrogen-bond acceptors (Lipinski definition) is 3. The zero-order chi connectivity index (χ0) is 12.3. The number of benzene rings is 1. The van der Waals surface area contributed by atoms with Gasteiger partial charge in [0.2, 0.25) is 0 Å². The Hall–Kier alpha value is -1.13. The maximum Gasteiger partial charge on any atom is 0.322 e. The Bertz CT molecular complexity index is 534. The van der Waals surface area contributed by atoms with E-state index in [1.165, 1.54) is 0 Å². The van der Waals surface area contributed by atoms with Crippen molar-refractivity contribution in [2.75, 3.05) is 0 Å². The second-order valence-corrected chi connectivity index (χ2v) is 4.55. The Kier molecular flexibility index (Phi) is 3.97. The largest absolute Gasteiger partial charge is 0.423 e. The van der Waals surface area contributed by atoms with Crippen molar-refractivity contribution in [2.45, 2.75) is 12.8 Å². The van der Waals surface area contributed by atoms with Crippen molar-refractivity contribution in [1.29, 1.82) is 0 Å². The molecule has 0 saturated carbocycles. The minimum absolute atomic E-state index is 0.322. The number of aryl methyl sites for hydroxylation is 1. The second kappa shape index (κ2) is 5.47. The van der Waals surface area contributed by atoms with Gasteiger partial charge in [-0.15, -0.1) is 11.6 Å². The molecule has 2 aromatic rings. The number of nitrogens with zero attached hydrogens (tertiary/aromatic N) is 2. The molecule has 1 aromatic carbocycles. The van der Waals surface area contributed by atoms with Gasteiger partial charge in [-0.3, -0.25) is 0 Å². The standard InChI is InChI=1S/C12H10BrClN2O/c1-8-9(6-14)7-15-12(16-8)17-11-5-3-2-4-10(11)13/h2-5,7H,6H2,1H3. The lowest BCUT2D eigenvalue weighted by Gasteiger charge is -2.07. The topological polar surface area (TPSA) is 35.0 Å². The maximum absolute atomic E-state index is 5.74. The molecule has 17 heavy (non-hydrogen) atoms. The lowest BCUT2D eigenvalue weighted by molar-refractivity contribution is 0.437. The molecule has 5 heteroatoms. The number of para-hydroxylation sites is 1. The van der Waals surface area contributed by atoms with Gasteiger partial charge in [-0.05, 0) is 35.0 Å². The van der Waals surface area contributed by atoms with Gasteiger partial charge in [-0.1, -0.05) is 12.1 Å². The molecule has 0 aliphatic heterocycles. The monoisotopic (exact) mass is 312 g/mol. The number of aromatic nitrogens is 2. The first-order valence-corrected chi connectivity index (χ1v) is 6.34. The van der Waals surface area contributed by atoms with Gasteiger partial charge in [0.15, 0.2) is 0 Å². The lowest BCUT2D eigenvalue weighted by atomic mass is 10.3. The Balaban J connectivity index is 2.25. The third-order valence-electron chi connectivity index (χ3n) is 2.24. The number of halogens is 2. The second-order valence-electron chi connectivity index (χ2n) is 3.43. The van der Waals surface area contributed by atoms with Crippen LogP contribution < -0.4 is 4.74 Å². The summed E-state index contributed by atoms with van der Waals surface area (Å²) in [5.41, 5.74) is 1.74. The van der Waals surface area contributed by atoms with E-state index < -0.39 is 0 Å². The number of alkyl halides is 1. The molecular formula is C12H10BrClN2O. The van der Waals surface area contributed by atoms with E-state index in [0.717, 1.165) is 15.7 Å². The van der Waals surface area contributed by atoms with Crippen molar-refractivity contribution >= 4 is 27.5 Å². The molecule has 0 radical (unpaired) electrons. The summed E-state index contributed by atoms with van der Waals surface area (Å²) in [6.45, 7) is 1.88. The third kappa shape index (κ3) is 2.96. The fraction of sp³-hybridized carbons (Fsp3) is 0.167. The fourth-order valence-corrected chi connectivity index (χ4v) is 1.91. The molecule has 0 saturated heterocycles. The molecule has 88 valence electrons.